The highest BCUT2D eigenvalue weighted by Crippen LogP contribution is 2.39. The molecule has 5 heteroatoms. The van der Waals surface area contributed by atoms with Gasteiger partial charge in [-0.2, -0.15) is 0 Å². The molecule has 4 atom stereocenters. The third-order valence-electron chi connectivity index (χ3n) is 7.18. The quantitative estimate of drug-likeness (QED) is 0.790. The van der Waals surface area contributed by atoms with Gasteiger partial charge in [-0.3, -0.25) is 9.69 Å². The normalized spacial score (nSPS) is 40.7. The molecule has 4 fully saturated rings. The van der Waals surface area contributed by atoms with Crippen molar-refractivity contribution in [1.29, 1.82) is 0 Å². The standard InChI is InChI=1S/C19H31N3O2/c1-14-7-4-5-11-19(14)17(23)22(18(24)20-19)13-21-12-6-9-15-8-2-3-10-16(15)21/h14-16H,2-13H2,1H3,(H,20,24)/t14-,15+,16+,19+/m1/s1. The van der Waals surface area contributed by atoms with Crippen molar-refractivity contribution in [2.75, 3.05) is 13.2 Å². The summed E-state index contributed by atoms with van der Waals surface area (Å²) in [4.78, 5) is 29.7. The van der Waals surface area contributed by atoms with Crippen LogP contribution in [0, 0.1) is 11.8 Å². The zero-order valence-corrected chi connectivity index (χ0v) is 14.9. The molecule has 0 aromatic carbocycles. The number of hydrogen-bond acceptors (Lipinski definition) is 3. The lowest BCUT2D eigenvalue weighted by atomic mass is 9.73. The predicted octanol–water partition coefficient (Wildman–Crippen LogP) is 3.10. The Morgan fingerprint density at radius 3 is 2.62 bits per heavy atom. The fourth-order valence-electron chi connectivity index (χ4n) is 5.71. The number of likely N-dealkylation sites (tertiary alicyclic amines) is 1. The van der Waals surface area contributed by atoms with Crippen LogP contribution in [0.2, 0.25) is 0 Å². The van der Waals surface area contributed by atoms with E-state index in [1.807, 2.05) is 0 Å². The summed E-state index contributed by atoms with van der Waals surface area (Å²) in [5.41, 5.74) is -0.614. The molecule has 1 N–H and O–H groups in total. The van der Waals surface area contributed by atoms with E-state index in [1.165, 1.54) is 49.8 Å². The van der Waals surface area contributed by atoms with E-state index in [0.29, 0.717) is 12.7 Å². The molecule has 3 amide bonds. The molecule has 2 saturated carbocycles. The van der Waals surface area contributed by atoms with Gasteiger partial charge < -0.3 is 5.32 Å². The van der Waals surface area contributed by atoms with Crippen LogP contribution >= 0.6 is 0 Å². The Morgan fingerprint density at radius 1 is 1.04 bits per heavy atom. The zero-order chi connectivity index (χ0) is 16.7. The van der Waals surface area contributed by atoms with Gasteiger partial charge in [0.05, 0.1) is 6.67 Å². The highest BCUT2D eigenvalue weighted by molar-refractivity contribution is 6.07. The average molecular weight is 333 g/mol. The molecule has 0 aromatic heterocycles. The van der Waals surface area contributed by atoms with Gasteiger partial charge in [0.2, 0.25) is 0 Å². The summed E-state index contributed by atoms with van der Waals surface area (Å²) in [6.07, 6.45) is 11.8. The SMILES string of the molecule is C[C@@H]1CCCC[C@]12NC(=O)N(CN1CCC[C@@H]3CCCC[C@@H]31)C2=O. The van der Waals surface area contributed by atoms with Gasteiger partial charge in [-0.15, -0.1) is 0 Å². The van der Waals surface area contributed by atoms with Crippen LogP contribution in [0.5, 0.6) is 0 Å². The maximum Gasteiger partial charge on any atom is 0.326 e. The number of imide groups is 1. The van der Waals surface area contributed by atoms with Crippen LogP contribution in [0.15, 0.2) is 0 Å². The summed E-state index contributed by atoms with van der Waals surface area (Å²) in [7, 11) is 0. The molecule has 4 aliphatic rings. The molecule has 5 nitrogen and oxygen atoms in total. The minimum Gasteiger partial charge on any atom is -0.323 e. The Bertz CT molecular complexity index is 521. The molecular formula is C19H31N3O2. The summed E-state index contributed by atoms with van der Waals surface area (Å²) in [5.74, 6) is 1.06. The second-order valence-corrected chi connectivity index (χ2v) is 8.49. The molecule has 0 bridgehead atoms. The Labute approximate surface area is 145 Å². The minimum atomic E-state index is -0.614. The monoisotopic (exact) mass is 333 g/mol. The van der Waals surface area contributed by atoms with Crippen molar-refractivity contribution < 1.29 is 9.59 Å². The number of piperidine rings is 1. The van der Waals surface area contributed by atoms with E-state index in [0.717, 1.165) is 31.7 Å². The van der Waals surface area contributed by atoms with E-state index in [4.69, 9.17) is 0 Å². The highest BCUT2D eigenvalue weighted by Gasteiger charge is 2.55. The van der Waals surface area contributed by atoms with Crippen LogP contribution in [0.4, 0.5) is 4.79 Å². The van der Waals surface area contributed by atoms with Gasteiger partial charge >= 0.3 is 6.03 Å². The third-order valence-corrected chi connectivity index (χ3v) is 7.18. The number of amides is 3. The molecule has 4 rings (SSSR count). The second-order valence-electron chi connectivity index (χ2n) is 8.49. The first-order valence-electron chi connectivity index (χ1n) is 10.00. The van der Waals surface area contributed by atoms with Gasteiger partial charge in [-0.05, 0) is 50.4 Å². The number of fused-ring (bicyclic) bond motifs is 1. The molecule has 0 aromatic rings. The first kappa shape index (κ1) is 16.4. The Hall–Kier alpha value is -1.10. The molecule has 2 saturated heterocycles. The summed E-state index contributed by atoms with van der Waals surface area (Å²) in [6, 6.07) is 0.417. The lowest BCUT2D eigenvalue weighted by Gasteiger charge is -2.45. The molecule has 1 spiro atoms. The number of hydrogen-bond donors (Lipinski definition) is 1. The Balaban J connectivity index is 1.50. The average Bonchev–Trinajstić information content (AvgIpc) is 2.83. The molecular weight excluding hydrogens is 302 g/mol. The van der Waals surface area contributed by atoms with Crippen LogP contribution in [0.25, 0.3) is 0 Å². The van der Waals surface area contributed by atoms with Crippen molar-refractivity contribution in [1.82, 2.24) is 15.1 Å². The van der Waals surface area contributed by atoms with E-state index in [2.05, 4.69) is 17.1 Å². The van der Waals surface area contributed by atoms with Crippen molar-refractivity contribution in [3.05, 3.63) is 0 Å². The smallest absolute Gasteiger partial charge is 0.323 e. The predicted molar refractivity (Wildman–Crippen MR) is 92.3 cm³/mol. The van der Waals surface area contributed by atoms with Gasteiger partial charge in [0.1, 0.15) is 5.54 Å². The van der Waals surface area contributed by atoms with Crippen LogP contribution in [0.3, 0.4) is 0 Å². The first-order chi connectivity index (χ1) is 11.6. The fourth-order valence-corrected chi connectivity index (χ4v) is 5.71. The van der Waals surface area contributed by atoms with Gasteiger partial charge in [0.15, 0.2) is 0 Å². The first-order valence-corrected chi connectivity index (χ1v) is 10.00. The van der Waals surface area contributed by atoms with Crippen molar-refractivity contribution in [2.45, 2.75) is 82.7 Å². The topological polar surface area (TPSA) is 52.7 Å². The Kier molecular flexibility index (Phi) is 4.31. The molecule has 134 valence electrons. The lowest BCUT2D eigenvalue weighted by molar-refractivity contribution is -0.136. The minimum absolute atomic E-state index is 0.0395. The number of nitrogens with one attached hydrogen (secondary N) is 1. The maximum absolute atomic E-state index is 13.2. The van der Waals surface area contributed by atoms with E-state index < -0.39 is 5.54 Å². The third kappa shape index (κ3) is 2.56. The van der Waals surface area contributed by atoms with Gasteiger partial charge in [-0.25, -0.2) is 9.69 Å². The van der Waals surface area contributed by atoms with Crippen molar-refractivity contribution in [2.24, 2.45) is 11.8 Å². The number of urea groups is 1. The van der Waals surface area contributed by atoms with Crippen LogP contribution in [-0.4, -0.2) is 46.5 Å². The summed E-state index contributed by atoms with van der Waals surface area (Å²) >= 11 is 0. The Morgan fingerprint density at radius 2 is 1.79 bits per heavy atom. The fraction of sp³-hybridized carbons (Fsp3) is 0.895. The largest absolute Gasteiger partial charge is 0.326 e. The second kappa shape index (κ2) is 6.32. The molecule has 0 unspecified atom stereocenters. The van der Waals surface area contributed by atoms with Crippen molar-refractivity contribution in [3.8, 4) is 0 Å². The van der Waals surface area contributed by atoms with Crippen molar-refractivity contribution in [3.63, 3.8) is 0 Å². The highest BCUT2D eigenvalue weighted by atomic mass is 16.2. The maximum atomic E-state index is 13.2. The van der Waals surface area contributed by atoms with Crippen LogP contribution in [0.1, 0.15) is 71.1 Å². The summed E-state index contributed by atoms with van der Waals surface area (Å²) in [6.45, 7) is 3.65. The van der Waals surface area contributed by atoms with Gasteiger partial charge in [-0.1, -0.05) is 32.6 Å². The van der Waals surface area contributed by atoms with Gasteiger partial charge in [0, 0.05) is 12.6 Å². The van der Waals surface area contributed by atoms with Crippen LogP contribution in [-0.2, 0) is 4.79 Å². The van der Waals surface area contributed by atoms with Gasteiger partial charge in [0.25, 0.3) is 5.91 Å². The van der Waals surface area contributed by atoms with Crippen molar-refractivity contribution >= 4 is 11.9 Å². The number of nitrogens with zero attached hydrogens (tertiary/aromatic N) is 2. The summed E-state index contributed by atoms with van der Waals surface area (Å²) < 4.78 is 0. The number of carbonyl (C=O) groups is 2. The molecule has 2 heterocycles. The molecule has 24 heavy (non-hydrogen) atoms. The van der Waals surface area contributed by atoms with E-state index in [-0.39, 0.29) is 17.9 Å². The number of rotatable bonds is 2. The summed E-state index contributed by atoms with van der Waals surface area (Å²) in [5, 5.41) is 3.09. The molecule has 2 aliphatic carbocycles. The number of carbonyl (C=O) groups excluding carboxylic acids is 2. The van der Waals surface area contributed by atoms with E-state index >= 15 is 0 Å². The zero-order valence-electron chi connectivity index (χ0n) is 14.9. The van der Waals surface area contributed by atoms with E-state index in [1.54, 1.807) is 0 Å². The lowest BCUT2D eigenvalue weighted by Crippen LogP contribution is -2.55. The van der Waals surface area contributed by atoms with Crippen LogP contribution < -0.4 is 5.32 Å². The van der Waals surface area contributed by atoms with E-state index in [9.17, 15) is 9.59 Å². The molecule has 2 aliphatic heterocycles. The molecule has 0 radical (unpaired) electrons.